The van der Waals surface area contributed by atoms with Crippen molar-refractivity contribution in [3.8, 4) is 0 Å². The van der Waals surface area contributed by atoms with Gasteiger partial charge in [-0.15, -0.1) is 0 Å². The van der Waals surface area contributed by atoms with Crippen LogP contribution in [0.1, 0.15) is 31.4 Å². The van der Waals surface area contributed by atoms with Crippen molar-refractivity contribution in [3.63, 3.8) is 0 Å². The summed E-state index contributed by atoms with van der Waals surface area (Å²) in [5.41, 5.74) is 8.38. The molecule has 1 aliphatic heterocycles. The summed E-state index contributed by atoms with van der Waals surface area (Å²) in [4.78, 5) is 4.81. The van der Waals surface area contributed by atoms with E-state index in [0.717, 1.165) is 16.6 Å². The second kappa shape index (κ2) is 6.25. The molecule has 0 bridgehead atoms. The number of likely N-dealkylation sites (N-methyl/N-ethyl adjacent to an activating group) is 2. The highest BCUT2D eigenvalue weighted by Crippen LogP contribution is 2.29. The predicted octanol–water partition coefficient (Wildman–Crippen LogP) is 3.00. The minimum atomic E-state index is 0.0644. The first-order valence-electron chi connectivity index (χ1n) is 6.95. The Kier molecular flexibility index (Phi) is 4.87. The van der Waals surface area contributed by atoms with Crippen LogP contribution in [-0.2, 0) is 0 Å². The first kappa shape index (κ1) is 14.8. The molecule has 1 heterocycles. The third-order valence-corrected chi connectivity index (χ3v) is 4.72. The minimum Gasteiger partial charge on any atom is -0.370 e. The Morgan fingerprint density at radius 1 is 1.47 bits per heavy atom. The number of likely N-dealkylation sites (tertiary alicyclic amines) is 1. The summed E-state index contributed by atoms with van der Waals surface area (Å²) in [5.74, 6) is 0. The van der Waals surface area contributed by atoms with Crippen LogP contribution in [0.4, 0.5) is 5.69 Å². The quantitative estimate of drug-likeness (QED) is 0.927. The normalized spacial score (nSPS) is 22.3. The molecule has 2 atom stereocenters. The summed E-state index contributed by atoms with van der Waals surface area (Å²) in [6.07, 6.45) is 2.55. The van der Waals surface area contributed by atoms with Crippen LogP contribution in [0.25, 0.3) is 0 Å². The van der Waals surface area contributed by atoms with Gasteiger partial charge in [-0.25, -0.2) is 0 Å². The molecule has 0 amide bonds. The van der Waals surface area contributed by atoms with Gasteiger partial charge in [-0.1, -0.05) is 22.0 Å². The van der Waals surface area contributed by atoms with Gasteiger partial charge < -0.3 is 15.5 Å². The number of halogens is 1. The summed E-state index contributed by atoms with van der Waals surface area (Å²) < 4.78 is 1.11. The molecule has 4 heteroatoms. The Hall–Kier alpha value is -0.580. The third-order valence-electron chi connectivity index (χ3n) is 4.03. The highest BCUT2D eigenvalue weighted by atomic mass is 79.9. The van der Waals surface area contributed by atoms with Gasteiger partial charge in [-0.3, -0.25) is 0 Å². The number of benzene rings is 1. The highest BCUT2D eigenvalue weighted by Gasteiger charge is 2.21. The number of anilines is 1. The Labute approximate surface area is 124 Å². The number of hydrogen-bond acceptors (Lipinski definition) is 3. The average molecular weight is 326 g/mol. The van der Waals surface area contributed by atoms with E-state index in [1.165, 1.54) is 25.1 Å². The highest BCUT2D eigenvalue weighted by molar-refractivity contribution is 9.10. The standard InChI is InChI=1S/C15H24BrN3/c1-11(17)14-7-6-12(9-15(14)16)19(3)13-5-4-8-18(2)10-13/h6-7,9,11,13H,4-5,8,10,17H2,1-3H3/t11-,13?/m0/s1. The zero-order valence-electron chi connectivity index (χ0n) is 12.1. The maximum absolute atomic E-state index is 5.95. The van der Waals surface area contributed by atoms with Gasteiger partial charge in [0.05, 0.1) is 0 Å². The SMILES string of the molecule is C[C@H](N)c1ccc(N(C)C2CCCN(C)C2)cc1Br. The molecule has 0 spiro atoms. The number of nitrogens with zero attached hydrogens (tertiary/aromatic N) is 2. The lowest BCUT2D eigenvalue weighted by Gasteiger charge is -2.37. The molecule has 2 N–H and O–H groups in total. The fourth-order valence-electron chi connectivity index (χ4n) is 2.77. The molecule has 1 aromatic carbocycles. The van der Waals surface area contributed by atoms with E-state index >= 15 is 0 Å². The van der Waals surface area contributed by atoms with Crippen molar-refractivity contribution < 1.29 is 0 Å². The van der Waals surface area contributed by atoms with Crippen molar-refractivity contribution in [1.82, 2.24) is 4.90 Å². The van der Waals surface area contributed by atoms with Crippen LogP contribution >= 0.6 is 15.9 Å². The Morgan fingerprint density at radius 2 is 2.21 bits per heavy atom. The molecular weight excluding hydrogens is 302 g/mol. The van der Waals surface area contributed by atoms with Crippen LogP contribution in [0.2, 0.25) is 0 Å². The van der Waals surface area contributed by atoms with Crippen molar-refractivity contribution >= 4 is 21.6 Å². The zero-order chi connectivity index (χ0) is 14.0. The average Bonchev–Trinajstić information content (AvgIpc) is 2.37. The van der Waals surface area contributed by atoms with E-state index in [1.807, 2.05) is 6.92 Å². The summed E-state index contributed by atoms with van der Waals surface area (Å²) in [6, 6.07) is 7.17. The first-order valence-corrected chi connectivity index (χ1v) is 7.74. The summed E-state index contributed by atoms with van der Waals surface area (Å²) in [6.45, 7) is 4.38. The molecule has 3 nitrogen and oxygen atoms in total. The van der Waals surface area contributed by atoms with Crippen molar-refractivity contribution in [2.45, 2.75) is 31.8 Å². The van der Waals surface area contributed by atoms with Crippen molar-refractivity contribution in [3.05, 3.63) is 28.2 Å². The number of rotatable bonds is 3. The zero-order valence-corrected chi connectivity index (χ0v) is 13.7. The van der Waals surface area contributed by atoms with Crippen LogP contribution in [0.15, 0.2) is 22.7 Å². The van der Waals surface area contributed by atoms with Crippen LogP contribution in [0.3, 0.4) is 0 Å². The lowest BCUT2D eigenvalue weighted by atomic mass is 10.0. The number of nitrogens with two attached hydrogens (primary N) is 1. The summed E-state index contributed by atoms with van der Waals surface area (Å²) >= 11 is 3.63. The second-order valence-electron chi connectivity index (χ2n) is 5.66. The molecule has 1 aliphatic rings. The third kappa shape index (κ3) is 3.50. The van der Waals surface area contributed by atoms with Gasteiger partial charge in [0.25, 0.3) is 0 Å². The molecule has 0 aliphatic carbocycles. The van der Waals surface area contributed by atoms with Gasteiger partial charge in [-0.05, 0) is 51.1 Å². The van der Waals surface area contributed by atoms with E-state index in [0.29, 0.717) is 6.04 Å². The van der Waals surface area contributed by atoms with E-state index in [9.17, 15) is 0 Å². The van der Waals surface area contributed by atoms with Crippen LogP contribution in [0, 0.1) is 0 Å². The van der Waals surface area contributed by atoms with Gasteiger partial charge in [0.15, 0.2) is 0 Å². The van der Waals surface area contributed by atoms with Gasteiger partial charge in [0.1, 0.15) is 0 Å². The molecule has 0 aromatic heterocycles. The van der Waals surface area contributed by atoms with E-state index in [2.05, 4.69) is 58.0 Å². The molecule has 2 rings (SSSR count). The lowest BCUT2D eigenvalue weighted by Crippen LogP contribution is -2.45. The van der Waals surface area contributed by atoms with E-state index in [1.54, 1.807) is 0 Å². The van der Waals surface area contributed by atoms with Crippen LogP contribution < -0.4 is 10.6 Å². The summed E-state index contributed by atoms with van der Waals surface area (Å²) in [5, 5.41) is 0. The monoisotopic (exact) mass is 325 g/mol. The fraction of sp³-hybridized carbons (Fsp3) is 0.600. The largest absolute Gasteiger partial charge is 0.370 e. The van der Waals surface area contributed by atoms with Gasteiger partial charge in [0.2, 0.25) is 0 Å². The van der Waals surface area contributed by atoms with E-state index in [-0.39, 0.29) is 6.04 Å². The topological polar surface area (TPSA) is 32.5 Å². The maximum atomic E-state index is 5.95. The Morgan fingerprint density at radius 3 is 2.79 bits per heavy atom. The van der Waals surface area contributed by atoms with Crippen molar-refractivity contribution in [2.24, 2.45) is 5.73 Å². The lowest BCUT2D eigenvalue weighted by molar-refractivity contribution is 0.248. The predicted molar refractivity (Wildman–Crippen MR) is 85.7 cm³/mol. The molecule has 1 aromatic rings. The summed E-state index contributed by atoms with van der Waals surface area (Å²) in [7, 11) is 4.40. The molecule has 19 heavy (non-hydrogen) atoms. The first-order chi connectivity index (χ1) is 8.99. The van der Waals surface area contributed by atoms with Crippen LogP contribution in [-0.4, -0.2) is 38.1 Å². The molecule has 0 radical (unpaired) electrons. The van der Waals surface area contributed by atoms with Gasteiger partial charge >= 0.3 is 0 Å². The fourth-order valence-corrected chi connectivity index (χ4v) is 3.50. The van der Waals surface area contributed by atoms with E-state index < -0.39 is 0 Å². The smallest absolute Gasteiger partial charge is 0.0414 e. The van der Waals surface area contributed by atoms with Gasteiger partial charge in [-0.2, -0.15) is 0 Å². The molecule has 0 saturated carbocycles. The second-order valence-corrected chi connectivity index (χ2v) is 6.52. The van der Waals surface area contributed by atoms with Crippen molar-refractivity contribution in [2.75, 3.05) is 32.1 Å². The van der Waals surface area contributed by atoms with Gasteiger partial charge in [0, 0.05) is 35.8 Å². The number of piperidine rings is 1. The Balaban J connectivity index is 2.15. The maximum Gasteiger partial charge on any atom is 0.0414 e. The van der Waals surface area contributed by atoms with Crippen LogP contribution in [0.5, 0.6) is 0 Å². The number of hydrogen-bond donors (Lipinski definition) is 1. The molecule has 1 saturated heterocycles. The minimum absolute atomic E-state index is 0.0644. The molecular formula is C15H24BrN3. The molecule has 106 valence electrons. The van der Waals surface area contributed by atoms with E-state index in [4.69, 9.17) is 5.73 Å². The van der Waals surface area contributed by atoms with Crippen molar-refractivity contribution in [1.29, 1.82) is 0 Å². The Bertz CT molecular complexity index is 433. The molecule has 1 fully saturated rings. The molecule has 1 unspecified atom stereocenters.